The van der Waals surface area contributed by atoms with Crippen LogP contribution in [0.25, 0.3) is 0 Å². The van der Waals surface area contributed by atoms with Crippen LogP contribution in [0.3, 0.4) is 0 Å². The molecule has 60 valence electrons. The topological polar surface area (TPSA) is 58.6 Å². The van der Waals surface area contributed by atoms with Gasteiger partial charge in [-0.3, -0.25) is 0 Å². The largest absolute Gasteiger partial charge is 0.510 e. The van der Waals surface area contributed by atoms with Crippen LogP contribution in [0.4, 0.5) is 0 Å². The van der Waals surface area contributed by atoms with Gasteiger partial charge < -0.3 is 15.2 Å². The lowest BCUT2D eigenvalue weighted by molar-refractivity contribution is -0.135. The van der Waals surface area contributed by atoms with Gasteiger partial charge in [-0.15, -0.1) is 0 Å². The second-order valence-corrected chi connectivity index (χ2v) is 2.11. The first kappa shape index (κ1) is 7.65. The van der Waals surface area contributed by atoms with Gasteiger partial charge in [-0.2, -0.15) is 0 Å². The molecule has 0 aromatic carbocycles. The number of aliphatic hydroxyl groups is 1. The van der Waals surface area contributed by atoms with Crippen molar-refractivity contribution >= 4 is 5.97 Å². The lowest BCUT2D eigenvalue weighted by Crippen LogP contribution is -2.18. The van der Waals surface area contributed by atoms with Crippen LogP contribution in [-0.4, -0.2) is 24.7 Å². The van der Waals surface area contributed by atoms with E-state index in [4.69, 9.17) is 5.11 Å². The van der Waals surface area contributed by atoms with Crippen molar-refractivity contribution in [1.29, 1.82) is 0 Å². The smallest absolute Gasteiger partial charge is 0.339 e. The van der Waals surface area contributed by atoms with Gasteiger partial charge in [-0.25, -0.2) is 4.79 Å². The number of hydrogen-bond donors (Lipinski definition) is 2. The Labute approximate surface area is 64.2 Å². The van der Waals surface area contributed by atoms with Crippen LogP contribution in [0.1, 0.15) is 0 Å². The highest BCUT2D eigenvalue weighted by Crippen LogP contribution is 2.05. The average molecular weight is 155 g/mol. The summed E-state index contributed by atoms with van der Waals surface area (Å²) in [5, 5.41) is 11.7. The van der Waals surface area contributed by atoms with Gasteiger partial charge in [0, 0.05) is 6.20 Å². The molecule has 0 saturated carbocycles. The monoisotopic (exact) mass is 155 g/mol. The van der Waals surface area contributed by atoms with Crippen LogP contribution < -0.4 is 5.32 Å². The number of methoxy groups -OCH3 is 1. The molecular weight excluding hydrogens is 146 g/mol. The highest BCUT2D eigenvalue weighted by atomic mass is 16.5. The fourth-order valence-electron chi connectivity index (χ4n) is 0.773. The fraction of sp³-hybridized carbons (Fsp3) is 0.286. The van der Waals surface area contributed by atoms with E-state index in [1.54, 1.807) is 0 Å². The van der Waals surface area contributed by atoms with E-state index in [0.29, 0.717) is 12.1 Å². The number of rotatable bonds is 1. The molecule has 11 heavy (non-hydrogen) atoms. The molecule has 1 aliphatic rings. The number of hydrogen-bond acceptors (Lipinski definition) is 4. The van der Waals surface area contributed by atoms with E-state index >= 15 is 0 Å². The summed E-state index contributed by atoms with van der Waals surface area (Å²) in [4.78, 5) is 10.8. The molecule has 0 unspecified atom stereocenters. The number of carbonyl (C=O) groups is 1. The Balaban J connectivity index is 2.73. The van der Waals surface area contributed by atoms with Gasteiger partial charge in [0.1, 0.15) is 5.76 Å². The maximum Gasteiger partial charge on any atom is 0.339 e. The van der Waals surface area contributed by atoms with Crippen LogP contribution in [0.2, 0.25) is 0 Å². The van der Waals surface area contributed by atoms with E-state index in [1.165, 1.54) is 19.4 Å². The molecule has 0 radical (unpaired) electrons. The molecule has 0 atom stereocenters. The Morgan fingerprint density at radius 3 is 3.09 bits per heavy atom. The molecule has 1 aliphatic heterocycles. The maximum absolute atomic E-state index is 10.8. The number of esters is 1. The van der Waals surface area contributed by atoms with Gasteiger partial charge in [0.25, 0.3) is 0 Å². The molecule has 1 rings (SSSR count). The van der Waals surface area contributed by atoms with Crippen LogP contribution in [0.5, 0.6) is 0 Å². The van der Waals surface area contributed by atoms with Crippen molar-refractivity contribution in [3.8, 4) is 0 Å². The number of dihydropyridines is 1. The SMILES string of the molecule is COC(=O)C1=CNCC(O)=C1. The first-order chi connectivity index (χ1) is 5.24. The van der Waals surface area contributed by atoms with Crippen molar-refractivity contribution in [1.82, 2.24) is 5.32 Å². The first-order valence-electron chi connectivity index (χ1n) is 3.15. The van der Waals surface area contributed by atoms with Gasteiger partial charge in [-0.1, -0.05) is 0 Å². The fourth-order valence-corrected chi connectivity index (χ4v) is 0.773. The molecule has 4 heteroatoms. The standard InChI is InChI=1S/C7H9NO3/c1-11-7(10)5-2-6(9)4-8-3-5/h2-3,8-9H,4H2,1H3. The molecule has 0 aliphatic carbocycles. The molecule has 1 heterocycles. The highest BCUT2D eigenvalue weighted by Gasteiger charge is 2.10. The summed E-state index contributed by atoms with van der Waals surface area (Å²) in [6.07, 6.45) is 2.88. The van der Waals surface area contributed by atoms with Gasteiger partial charge in [0.15, 0.2) is 0 Å². The van der Waals surface area contributed by atoms with Crippen molar-refractivity contribution in [2.45, 2.75) is 0 Å². The minimum atomic E-state index is -0.455. The third-order valence-corrected chi connectivity index (χ3v) is 1.28. The second-order valence-electron chi connectivity index (χ2n) is 2.11. The third-order valence-electron chi connectivity index (χ3n) is 1.28. The first-order valence-corrected chi connectivity index (χ1v) is 3.15. The van der Waals surface area contributed by atoms with Crippen molar-refractivity contribution in [2.75, 3.05) is 13.7 Å². The number of aliphatic hydroxyl groups excluding tert-OH is 1. The Hall–Kier alpha value is -1.45. The van der Waals surface area contributed by atoms with E-state index in [2.05, 4.69) is 10.1 Å². The van der Waals surface area contributed by atoms with Crippen molar-refractivity contribution < 1.29 is 14.6 Å². The average Bonchev–Trinajstić information content (AvgIpc) is 2.03. The molecule has 0 aromatic rings. The van der Waals surface area contributed by atoms with Crippen LogP contribution in [0.15, 0.2) is 23.6 Å². The van der Waals surface area contributed by atoms with Gasteiger partial charge in [0.2, 0.25) is 0 Å². The quantitative estimate of drug-likeness (QED) is 0.527. The summed E-state index contributed by atoms with van der Waals surface area (Å²) in [7, 11) is 1.29. The summed E-state index contributed by atoms with van der Waals surface area (Å²) < 4.78 is 4.44. The van der Waals surface area contributed by atoms with E-state index in [0.717, 1.165) is 0 Å². The van der Waals surface area contributed by atoms with E-state index in [-0.39, 0.29) is 5.76 Å². The number of ether oxygens (including phenoxy) is 1. The summed E-state index contributed by atoms with van der Waals surface area (Å²) >= 11 is 0. The summed E-state index contributed by atoms with van der Waals surface area (Å²) in [5.74, 6) is -0.323. The van der Waals surface area contributed by atoms with Gasteiger partial charge in [0.05, 0.1) is 19.2 Å². The summed E-state index contributed by atoms with van der Waals surface area (Å²) in [6, 6.07) is 0. The van der Waals surface area contributed by atoms with Crippen molar-refractivity contribution in [3.63, 3.8) is 0 Å². The van der Waals surface area contributed by atoms with Crippen molar-refractivity contribution in [2.24, 2.45) is 0 Å². The van der Waals surface area contributed by atoms with Crippen LogP contribution >= 0.6 is 0 Å². The molecule has 0 bridgehead atoms. The Morgan fingerprint density at radius 2 is 2.55 bits per heavy atom. The zero-order chi connectivity index (χ0) is 8.27. The minimum Gasteiger partial charge on any atom is -0.510 e. The predicted molar refractivity (Wildman–Crippen MR) is 38.8 cm³/mol. The lowest BCUT2D eigenvalue weighted by atomic mass is 10.2. The molecule has 0 spiro atoms. The predicted octanol–water partition coefficient (Wildman–Crippen LogP) is 0.0884. The summed E-state index contributed by atoms with van der Waals surface area (Å²) in [6.45, 7) is 0.362. The molecule has 0 saturated heterocycles. The highest BCUT2D eigenvalue weighted by molar-refractivity contribution is 5.91. The number of carbonyl (C=O) groups excluding carboxylic acids is 1. The van der Waals surface area contributed by atoms with Crippen molar-refractivity contribution in [3.05, 3.63) is 23.6 Å². The van der Waals surface area contributed by atoms with Crippen LogP contribution in [0, 0.1) is 0 Å². The normalized spacial score (nSPS) is 16.1. The zero-order valence-electron chi connectivity index (χ0n) is 6.13. The molecule has 4 nitrogen and oxygen atoms in total. The van der Waals surface area contributed by atoms with Gasteiger partial charge in [-0.05, 0) is 6.08 Å². The van der Waals surface area contributed by atoms with Gasteiger partial charge >= 0.3 is 5.97 Å². The maximum atomic E-state index is 10.8. The number of nitrogens with one attached hydrogen (secondary N) is 1. The van der Waals surface area contributed by atoms with E-state index in [9.17, 15) is 4.79 Å². The van der Waals surface area contributed by atoms with E-state index in [1.807, 2.05) is 0 Å². The zero-order valence-corrected chi connectivity index (χ0v) is 6.13. The molecule has 0 amide bonds. The molecule has 2 N–H and O–H groups in total. The molecule has 0 aromatic heterocycles. The lowest BCUT2D eigenvalue weighted by Gasteiger charge is -2.08. The second kappa shape index (κ2) is 3.09. The molecular formula is C7H9NO3. The summed E-state index contributed by atoms with van der Waals surface area (Å²) in [5.41, 5.74) is 0.330. The van der Waals surface area contributed by atoms with E-state index < -0.39 is 5.97 Å². The Bertz CT molecular complexity index is 230. The minimum absolute atomic E-state index is 0.132. The molecule has 0 fully saturated rings. The Kier molecular flexibility index (Phi) is 2.15. The Morgan fingerprint density at radius 1 is 1.82 bits per heavy atom. The van der Waals surface area contributed by atoms with Crippen LogP contribution in [-0.2, 0) is 9.53 Å². The third kappa shape index (κ3) is 1.73.